The highest BCUT2D eigenvalue weighted by molar-refractivity contribution is 5.85. The number of carboxylic acids is 1. The van der Waals surface area contributed by atoms with Crippen LogP contribution in [0.4, 0.5) is 8.78 Å². The number of benzene rings is 1. The first-order chi connectivity index (χ1) is 8.38. The number of halogens is 2. The number of carbonyl (C=O) groups excluding carboxylic acids is 1. The van der Waals surface area contributed by atoms with Crippen LogP contribution in [0, 0.1) is 6.92 Å². The second-order valence-electron chi connectivity index (χ2n) is 3.45. The van der Waals surface area contributed by atoms with Crippen LogP contribution in [0.3, 0.4) is 0 Å². The minimum absolute atomic E-state index is 0.215. The number of ether oxygens (including phenoxy) is 1. The fourth-order valence-corrected chi connectivity index (χ4v) is 1.43. The molecule has 1 unspecified atom stereocenters. The number of rotatable bonds is 5. The van der Waals surface area contributed by atoms with Crippen LogP contribution in [0.1, 0.15) is 27.6 Å². The number of aryl methyl sites for hydroxylation is 1. The molecule has 0 aliphatic rings. The third-order valence-corrected chi connectivity index (χ3v) is 2.30. The van der Waals surface area contributed by atoms with E-state index in [1.807, 2.05) is 0 Å². The van der Waals surface area contributed by atoms with E-state index in [0.29, 0.717) is 5.56 Å². The van der Waals surface area contributed by atoms with Crippen LogP contribution in [-0.2, 0) is 4.79 Å². The minimum Gasteiger partial charge on any atom is -0.479 e. The highest BCUT2D eigenvalue weighted by atomic mass is 19.3. The Hall–Kier alpha value is -2.02. The summed E-state index contributed by atoms with van der Waals surface area (Å²) in [5, 5.41) is 18.0. The van der Waals surface area contributed by atoms with Crippen molar-refractivity contribution >= 4 is 12.3 Å². The lowest BCUT2D eigenvalue weighted by Gasteiger charge is -2.16. The highest BCUT2D eigenvalue weighted by Crippen LogP contribution is 2.32. The molecule has 7 heteroatoms. The molecule has 1 aromatic carbocycles. The predicted octanol–water partition coefficient (Wildman–Crippen LogP) is 1.53. The monoisotopic (exact) mass is 260 g/mol. The van der Waals surface area contributed by atoms with Gasteiger partial charge in [0.1, 0.15) is 5.75 Å². The lowest BCUT2D eigenvalue weighted by Crippen LogP contribution is -2.15. The van der Waals surface area contributed by atoms with Gasteiger partial charge in [-0.25, -0.2) is 4.79 Å². The summed E-state index contributed by atoms with van der Waals surface area (Å²) in [4.78, 5) is 21.5. The molecule has 0 aliphatic carbocycles. The molecule has 5 nitrogen and oxygen atoms in total. The summed E-state index contributed by atoms with van der Waals surface area (Å²) in [5.74, 6) is -2.25. The molecule has 0 radical (unpaired) electrons. The van der Waals surface area contributed by atoms with E-state index >= 15 is 0 Å². The molecule has 0 spiro atoms. The summed E-state index contributed by atoms with van der Waals surface area (Å²) in [6.07, 6.45) is -1.77. The van der Waals surface area contributed by atoms with Gasteiger partial charge < -0.3 is 14.9 Å². The molecule has 0 saturated carbocycles. The number of hydrogen-bond donors (Lipinski definition) is 2. The molecule has 98 valence electrons. The van der Waals surface area contributed by atoms with Crippen LogP contribution in [0.15, 0.2) is 12.1 Å². The maximum absolute atomic E-state index is 12.2. The van der Waals surface area contributed by atoms with Gasteiger partial charge in [-0.15, -0.1) is 0 Å². The number of aldehydes is 1. The summed E-state index contributed by atoms with van der Waals surface area (Å²) in [6, 6.07) is 2.46. The lowest BCUT2D eigenvalue weighted by molar-refractivity contribution is -0.147. The summed E-state index contributed by atoms with van der Waals surface area (Å²) in [7, 11) is 0. The van der Waals surface area contributed by atoms with Crippen molar-refractivity contribution in [3.8, 4) is 5.75 Å². The first kappa shape index (κ1) is 14.0. The Labute approximate surface area is 101 Å². The van der Waals surface area contributed by atoms with E-state index in [9.17, 15) is 23.5 Å². The normalized spacial score (nSPS) is 12.3. The van der Waals surface area contributed by atoms with Gasteiger partial charge >= 0.3 is 12.6 Å². The number of aliphatic carboxylic acids is 1. The van der Waals surface area contributed by atoms with Crippen LogP contribution in [0.2, 0.25) is 0 Å². The topological polar surface area (TPSA) is 83.8 Å². The summed E-state index contributed by atoms with van der Waals surface area (Å²) >= 11 is 0. The van der Waals surface area contributed by atoms with Crippen molar-refractivity contribution in [2.24, 2.45) is 0 Å². The molecule has 0 aliphatic heterocycles. The third kappa shape index (κ3) is 2.80. The van der Waals surface area contributed by atoms with Crippen LogP contribution in [0.5, 0.6) is 5.75 Å². The van der Waals surface area contributed by atoms with Gasteiger partial charge in [-0.3, -0.25) is 4.79 Å². The Balaban J connectivity index is 3.41. The summed E-state index contributed by atoms with van der Waals surface area (Å²) in [6.45, 7) is -1.76. The van der Waals surface area contributed by atoms with Gasteiger partial charge in [0.15, 0.2) is 12.4 Å². The molecule has 0 bridgehead atoms. The molecule has 1 atom stereocenters. The van der Waals surface area contributed by atoms with E-state index in [1.165, 1.54) is 13.0 Å². The van der Waals surface area contributed by atoms with Gasteiger partial charge in [-0.05, 0) is 12.5 Å². The number of carboxylic acid groups (broad SMARTS) is 1. The van der Waals surface area contributed by atoms with Gasteiger partial charge in [-0.1, -0.05) is 12.1 Å². The van der Waals surface area contributed by atoms with E-state index in [0.717, 1.165) is 6.07 Å². The fraction of sp³-hybridized carbons (Fsp3) is 0.273. The maximum atomic E-state index is 12.2. The number of carbonyl (C=O) groups is 2. The number of hydrogen-bond acceptors (Lipinski definition) is 4. The standard InChI is InChI=1S/C11H10F2O5/c1-5-2-3-6(8(15)10(16)17)9(7(5)4-14)18-11(12)13/h2-4,8,11,15H,1H3,(H,16,17). The van der Waals surface area contributed by atoms with Crippen molar-refractivity contribution in [1.82, 2.24) is 0 Å². The molecule has 0 aromatic heterocycles. The SMILES string of the molecule is Cc1ccc(C(O)C(=O)O)c(OC(F)F)c1C=O. The molecule has 0 amide bonds. The van der Waals surface area contributed by atoms with Crippen molar-refractivity contribution in [2.75, 3.05) is 0 Å². The quantitative estimate of drug-likeness (QED) is 0.784. The average Bonchev–Trinajstić information content (AvgIpc) is 2.28. The molecule has 1 aromatic rings. The largest absolute Gasteiger partial charge is 0.479 e. The molecular weight excluding hydrogens is 250 g/mol. The van der Waals surface area contributed by atoms with Crippen LogP contribution in [0.25, 0.3) is 0 Å². The molecule has 2 N–H and O–H groups in total. The smallest absolute Gasteiger partial charge is 0.387 e. The van der Waals surface area contributed by atoms with Crippen LogP contribution in [-0.4, -0.2) is 29.1 Å². The van der Waals surface area contributed by atoms with Gasteiger partial charge in [0, 0.05) is 5.56 Å². The number of aliphatic hydroxyl groups is 1. The Morgan fingerprint density at radius 1 is 1.44 bits per heavy atom. The second-order valence-corrected chi connectivity index (χ2v) is 3.45. The van der Waals surface area contributed by atoms with Crippen molar-refractivity contribution in [1.29, 1.82) is 0 Å². The zero-order valence-electron chi connectivity index (χ0n) is 9.26. The van der Waals surface area contributed by atoms with Crippen LogP contribution < -0.4 is 4.74 Å². The van der Waals surface area contributed by atoms with Gasteiger partial charge in [0.2, 0.25) is 0 Å². The van der Waals surface area contributed by atoms with Crippen molar-refractivity contribution < 1.29 is 33.3 Å². The maximum Gasteiger partial charge on any atom is 0.387 e. The first-order valence-corrected chi connectivity index (χ1v) is 4.82. The molecule has 0 fully saturated rings. The summed E-state index contributed by atoms with van der Waals surface area (Å²) < 4.78 is 28.6. The highest BCUT2D eigenvalue weighted by Gasteiger charge is 2.25. The molecule has 0 saturated heterocycles. The van der Waals surface area contributed by atoms with Crippen molar-refractivity contribution in [3.63, 3.8) is 0 Å². The van der Waals surface area contributed by atoms with E-state index in [4.69, 9.17) is 5.11 Å². The second kappa shape index (κ2) is 5.54. The number of aliphatic hydroxyl groups excluding tert-OH is 1. The first-order valence-electron chi connectivity index (χ1n) is 4.82. The predicted molar refractivity (Wildman–Crippen MR) is 55.8 cm³/mol. The molecular formula is C11H10F2O5. The van der Waals surface area contributed by atoms with Crippen LogP contribution >= 0.6 is 0 Å². The fourth-order valence-electron chi connectivity index (χ4n) is 1.43. The molecule has 1 rings (SSSR count). The zero-order valence-corrected chi connectivity index (χ0v) is 9.26. The Kier molecular flexibility index (Phi) is 4.33. The molecule has 0 heterocycles. The van der Waals surface area contributed by atoms with Gasteiger partial charge in [0.05, 0.1) is 5.56 Å². The number of alkyl halides is 2. The third-order valence-electron chi connectivity index (χ3n) is 2.30. The Bertz CT molecular complexity index is 473. The Morgan fingerprint density at radius 3 is 2.50 bits per heavy atom. The van der Waals surface area contributed by atoms with Gasteiger partial charge in [0.25, 0.3) is 0 Å². The minimum atomic E-state index is -3.23. The Morgan fingerprint density at radius 2 is 2.06 bits per heavy atom. The van der Waals surface area contributed by atoms with Crippen molar-refractivity contribution in [2.45, 2.75) is 19.6 Å². The average molecular weight is 260 g/mol. The zero-order chi connectivity index (χ0) is 13.9. The van der Waals surface area contributed by atoms with E-state index in [2.05, 4.69) is 4.74 Å². The lowest BCUT2D eigenvalue weighted by atomic mass is 10.0. The molecule has 18 heavy (non-hydrogen) atoms. The van der Waals surface area contributed by atoms with Gasteiger partial charge in [-0.2, -0.15) is 8.78 Å². The van der Waals surface area contributed by atoms with E-state index < -0.39 is 30.0 Å². The van der Waals surface area contributed by atoms with Crippen molar-refractivity contribution in [3.05, 3.63) is 28.8 Å². The van der Waals surface area contributed by atoms with E-state index in [-0.39, 0.29) is 11.8 Å². The summed E-state index contributed by atoms with van der Waals surface area (Å²) in [5.41, 5.74) is -0.273. The van der Waals surface area contributed by atoms with E-state index in [1.54, 1.807) is 0 Å².